The number of amides is 2. The van der Waals surface area contributed by atoms with Gasteiger partial charge >= 0.3 is 0 Å². The fourth-order valence-corrected chi connectivity index (χ4v) is 3.04. The van der Waals surface area contributed by atoms with E-state index in [0.29, 0.717) is 41.7 Å². The molecule has 4 rings (SSSR count). The number of anilines is 1. The van der Waals surface area contributed by atoms with E-state index < -0.39 is 0 Å². The van der Waals surface area contributed by atoms with Crippen molar-refractivity contribution in [2.45, 2.75) is 6.10 Å². The molecule has 1 aliphatic heterocycles. The summed E-state index contributed by atoms with van der Waals surface area (Å²) in [6.07, 6.45) is -0.262. The summed E-state index contributed by atoms with van der Waals surface area (Å²) < 4.78 is 16.9. The Morgan fingerprint density at radius 1 is 0.903 bits per heavy atom. The van der Waals surface area contributed by atoms with Crippen LogP contribution >= 0.6 is 0 Å². The third kappa shape index (κ3) is 5.54. The van der Waals surface area contributed by atoms with Crippen molar-refractivity contribution in [1.29, 1.82) is 0 Å². The lowest BCUT2D eigenvalue weighted by Crippen LogP contribution is -2.40. The molecule has 158 valence electrons. The van der Waals surface area contributed by atoms with Crippen LogP contribution in [0.15, 0.2) is 78.9 Å². The molecule has 0 spiro atoms. The molecule has 2 N–H and O–H groups in total. The first-order valence-corrected chi connectivity index (χ1v) is 9.92. The molecule has 2 amide bonds. The summed E-state index contributed by atoms with van der Waals surface area (Å²) in [5.41, 5.74) is 1.06. The maximum Gasteiger partial charge on any atom is 0.262 e. The molecule has 1 heterocycles. The zero-order valence-electron chi connectivity index (χ0n) is 16.7. The molecule has 3 aromatic rings. The molecule has 7 heteroatoms. The second kappa shape index (κ2) is 9.67. The van der Waals surface area contributed by atoms with Crippen LogP contribution in [0.1, 0.15) is 10.4 Å². The number of nitrogens with one attached hydrogen (secondary N) is 2. The molecular formula is C24H22N2O5. The van der Waals surface area contributed by atoms with Crippen molar-refractivity contribution < 1.29 is 23.8 Å². The summed E-state index contributed by atoms with van der Waals surface area (Å²) in [4.78, 5) is 24.4. The van der Waals surface area contributed by atoms with Gasteiger partial charge in [0.25, 0.3) is 11.8 Å². The van der Waals surface area contributed by atoms with Crippen molar-refractivity contribution in [2.24, 2.45) is 0 Å². The molecular weight excluding hydrogens is 396 g/mol. The minimum absolute atomic E-state index is 0.0984. The Labute approximate surface area is 179 Å². The monoisotopic (exact) mass is 418 g/mol. The molecule has 0 saturated carbocycles. The van der Waals surface area contributed by atoms with E-state index in [-0.39, 0.29) is 24.5 Å². The highest BCUT2D eigenvalue weighted by Gasteiger charge is 2.21. The number of carbonyl (C=O) groups excluding carboxylic acids is 2. The van der Waals surface area contributed by atoms with Crippen LogP contribution in [-0.4, -0.2) is 37.7 Å². The van der Waals surface area contributed by atoms with E-state index in [1.54, 1.807) is 36.4 Å². The van der Waals surface area contributed by atoms with E-state index in [1.165, 1.54) is 0 Å². The number of ether oxygens (including phenoxy) is 3. The number of hydrogen-bond donors (Lipinski definition) is 2. The normalized spacial score (nSPS) is 14.4. The van der Waals surface area contributed by atoms with Crippen LogP contribution in [0.4, 0.5) is 5.69 Å². The van der Waals surface area contributed by atoms with Crippen LogP contribution < -0.4 is 24.8 Å². The van der Waals surface area contributed by atoms with Gasteiger partial charge in [-0.25, -0.2) is 0 Å². The van der Waals surface area contributed by atoms with E-state index >= 15 is 0 Å². The van der Waals surface area contributed by atoms with Crippen LogP contribution in [0.25, 0.3) is 0 Å². The summed E-state index contributed by atoms with van der Waals surface area (Å²) in [6, 6.07) is 23.2. The van der Waals surface area contributed by atoms with Crippen molar-refractivity contribution >= 4 is 17.5 Å². The number of benzene rings is 3. The van der Waals surface area contributed by atoms with Crippen LogP contribution in [0.5, 0.6) is 17.2 Å². The highest BCUT2D eigenvalue weighted by Crippen LogP contribution is 2.30. The first-order valence-electron chi connectivity index (χ1n) is 9.92. The minimum Gasteiger partial charge on any atom is -0.486 e. The highest BCUT2D eigenvalue weighted by atomic mass is 16.6. The third-order valence-electron chi connectivity index (χ3n) is 4.60. The highest BCUT2D eigenvalue weighted by molar-refractivity contribution is 5.96. The number of carbonyl (C=O) groups is 2. The summed E-state index contributed by atoms with van der Waals surface area (Å²) in [5.74, 6) is 1.49. The Bertz CT molecular complexity index is 1040. The lowest BCUT2D eigenvalue weighted by atomic mass is 10.2. The van der Waals surface area contributed by atoms with Crippen molar-refractivity contribution in [3.05, 3.63) is 84.4 Å². The van der Waals surface area contributed by atoms with Gasteiger partial charge in [0.15, 0.2) is 18.1 Å². The van der Waals surface area contributed by atoms with Gasteiger partial charge in [0.2, 0.25) is 0 Å². The average Bonchev–Trinajstić information content (AvgIpc) is 2.82. The van der Waals surface area contributed by atoms with Gasteiger partial charge in [-0.1, -0.05) is 30.3 Å². The second-order valence-corrected chi connectivity index (χ2v) is 6.93. The van der Waals surface area contributed by atoms with Crippen molar-refractivity contribution in [2.75, 3.05) is 25.1 Å². The third-order valence-corrected chi connectivity index (χ3v) is 4.60. The summed E-state index contributed by atoms with van der Waals surface area (Å²) >= 11 is 0. The van der Waals surface area contributed by atoms with Gasteiger partial charge in [-0.2, -0.15) is 0 Å². The van der Waals surface area contributed by atoms with Crippen molar-refractivity contribution in [3.8, 4) is 17.2 Å². The molecule has 0 saturated heterocycles. The van der Waals surface area contributed by atoms with Gasteiger partial charge in [-0.15, -0.1) is 0 Å². The molecule has 1 aliphatic rings. The first kappa shape index (κ1) is 20.3. The van der Waals surface area contributed by atoms with Crippen LogP contribution in [0.2, 0.25) is 0 Å². The zero-order chi connectivity index (χ0) is 21.5. The number of fused-ring (bicyclic) bond motifs is 1. The van der Waals surface area contributed by atoms with E-state index in [9.17, 15) is 9.59 Å². The fraction of sp³-hybridized carbons (Fsp3) is 0.167. The first-order chi connectivity index (χ1) is 15.2. The van der Waals surface area contributed by atoms with Gasteiger partial charge in [0, 0.05) is 11.3 Å². The maximum absolute atomic E-state index is 12.4. The van der Waals surface area contributed by atoms with E-state index in [1.807, 2.05) is 42.5 Å². The maximum atomic E-state index is 12.4. The summed E-state index contributed by atoms with van der Waals surface area (Å²) in [5, 5.41) is 5.59. The van der Waals surface area contributed by atoms with Crippen molar-refractivity contribution in [3.63, 3.8) is 0 Å². The predicted molar refractivity (Wildman–Crippen MR) is 116 cm³/mol. The summed E-state index contributed by atoms with van der Waals surface area (Å²) in [6.45, 7) is 0.592. The zero-order valence-corrected chi connectivity index (χ0v) is 16.7. The number of hydrogen-bond acceptors (Lipinski definition) is 5. The van der Waals surface area contributed by atoms with Crippen LogP contribution in [0.3, 0.4) is 0 Å². The van der Waals surface area contributed by atoms with Crippen molar-refractivity contribution in [1.82, 2.24) is 5.32 Å². The topological polar surface area (TPSA) is 85.9 Å². The summed E-state index contributed by atoms with van der Waals surface area (Å²) in [7, 11) is 0. The number of rotatable bonds is 7. The lowest BCUT2D eigenvalue weighted by Gasteiger charge is -2.26. The molecule has 7 nitrogen and oxygen atoms in total. The van der Waals surface area contributed by atoms with Gasteiger partial charge in [-0.05, 0) is 48.5 Å². The Balaban J connectivity index is 1.23. The molecule has 0 unspecified atom stereocenters. The SMILES string of the molecule is O=C(COc1ccccc1)Nc1ccc(C(=O)NC[C@@H]2COc3ccccc3O2)cc1. The largest absolute Gasteiger partial charge is 0.486 e. The molecule has 3 aromatic carbocycles. The van der Waals surface area contributed by atoms with Crippen LogP contribution in [-0.2, 0) is 4.79 Å². The molecule has 0 aromatic heterocycles. The smallest absolute Gasteiger partial charge is 0.262 e. The van der Waals surface area contributed by atoms with Gasteiger partial charge in [0.05, 0.1) is 6.54 Å². The van der Waals surface area contributed by atoms with E-state index in [2.05, 4.69) is 10.6 Å². The van der Waals surface area contributed by atoms with Gasteiger partial charge in [-0.3, -0.25) is 9.59 Å². The fourth-order valence-electron chi connectivity index (χ4n) is 3.04. The predicted octanol–water partition coefficient (Wildman–Crippen LogP) is 3.27. The second-order valence-electron chi connectivity index (χ2n) is 6.93. The molecule has 31 heavy (non-hydrogen) atoms. The molecule has 1 atom stereocenters. The molecule has 0 fully saturated rings. The lowest BCUT2D eigenvalue weighted by molar-refractivity contribution is -0.118. The van der Waals surface area contributed by atoms with Gasteiger partial charge < -0.3 is 24.8 Å². The van der Waals surface area contributed by atoms with Gasteiger partial charge in [0.1, 0.15) is 18.5 Å². The molecule has 0 bridgehead atoms. The van der Waals surface area contributed by atoms with E-state index in [0.717, 1.165) is 0 Å². The van der Waals surface area contributed by atoms with E-state index in [4.69, 9.17) is 14.2 Å². The standard InChI is InChI=1S/C24H22N2O5/c27-23(16-29-19-6-2-1-3-7-19)26-18-12-10-17(11-13-18)24(28)25-14-20-15-30-21-8-4-5-9-22(21)31-20/h1-13,20H,14-16H2,(H,25,28)(H,26,27)/t20-/m1/s1. The Morgan fingerprint density at radius 3 is 2.39 bits per heavy atom. The Kier molecular flexibility index (Phi) is 6.32. The minimum atomic E-state index is -0.282. The Hall–Kier alpha value is -4.00. The van der Waals surface area contributed by atoms with Crippen LogP contribution in [0, 0.1) is 0 Å². The Morgan fingerprint density at radius 2 is 1.61 bits per heavy atom. The molecule has 0 radical (unpaired) electrons. The quantitative estimate of drug-likeness (QED) is 0.615. The molecule has 0 aliphatic carbocycles. The number of para-hydroxylation sites is 3. The average molecular weight is 418 g/mol.